The normalized spacial score (nSPS) is 19.8. The van der Waals surface area contributed by atoms with Crippen LogP contribution >= 0.6 is 23.2 Å². The summed E-state index contributed by atoms with van der Waals surface area (Å²) in [6, 6.07) is 3.55. The van der Waals surface area contributed by atoms with Gasteiger partial charge in [0, 0.05) is 18.0 Å². The fourth-order valence-electron chi connectivity index (χ4n) is 1.78. The number of nitrogens with zero attached hydrogens (tertiary/aromatic N) is 3. The van der Waals surface area contributed by atoms with E-state index < -0.39 is 16.1 Å². The van der Waals surface area contributed by atoms with Crippen LogP contribution in [0.2, 0.25) is 10.0 Å². The van der Waals surface area contributed by atoms with Crippen LogP contribution in [0.25, 0.3) is 0 Å². The summed E-state index contributed by atoms with van der Waals surface area (Å²) in [5.74, 6) is 0. The Morgan fingerprint density at radius 1 is 1.27 bits per heavy atom. The molecule has 0 fully saturated rings. The molecular weight excluding hydrogens is 341 g/mol. The minimum absolute atomic E-state index is 0.121. The van der Waals surface area contributed by atoms with Crippen molar-refractivity contribution in [2.45, 2.75) is 31.6 Å². The van der Waals surface area contributed by atoms with Gasteiger partial charge in [-0.05, 0) is 26.3 Å². The van der Waals surface area contributed by atoms with Crippen molar-refractivity contribution in [3.05, 3.63) is 33.3 Å². The molecule has 0 spiro atoms. The zero-order valence-corrected chi connectivity index (χ0v) is 14.9. The lowest BCUT2D eigenvalue weighted by molar-refractivity contribution is 0.562. The maximum atomic E-state index is 12.0. The summed E-state index contributed by atoms with van der Waals surface area (Å²) >= 11 is 11.3. The highest BCUT2D eigenvalue weighted by Crippen LogP contribution is 2.34. The van der Waals surface area contributed by atoms with Crippen LogP contribution in [0, 0.1) is 0 Å². The van der Waals surface area contributed by atoms with E-state index in [1.807, 2.05) is 26.8 Å². The Balaban J connectivity index is 2.25. The van der Waals surface area contributed by atoms with Crippen LogP contribution < -0.4 is 0 Å². The summed E-state index contributed by atoms with van der Waals surface area (Å²) in [4.78, 5) is 8.51. The van der Waals surface area contributed by atoms with Gasteiger partial charge < -0.3 is 4.55 Å². The van der Waals surface area contributed by atoms with Crippen LogP contribution in [0.15, 0.2) is 26.5 Å². The second-order valence-corrected chi connectivity index (χ2v) is 8.49. The third-order valence-electron chi connectivity index (χ3n) is 3.03. The van der Waals surface area contributed by atoms with Gasteiger partial charge >= 0.3 is 0 Å². The molecule has 2 atom stereocenters. The first-order valence-corrected chi connectivity index (χ1v) is 8.62. The predicted molar refractivity (Wildman–Crippen MR) is 96.5 cm³/mol. The molecule has 0 N–H and O–H groups in total. The fraction of sp³-hybridized carbons (Fsp3) is 0.400. The van der Waals surface area contributed by atoms with Crippen molar-refractivity contribution in [3.63, 3.8) is 0 Å². The van der Waals surface area contributed by atoms with Gasteiger partial charge in [-0.1, -0.05) is 39.7 Å². The SMILES string of the molecule is CC(C)(C)[S+]([O-])/N=C/c1ccc(C2CN=CC=N2)c(Cl)c1Cl. The predicted octanol–water partition coefficient (Wildman–Crippen LogP) is 4.07. The minimum atomic E-state index is -1.34. The third-order valence-corrected chi connectivity index (χ3v) is 5.28. The largest absolute Gasteiger partial charge is 0.591 e. The fourth-order valence-corrected chi connectivity index (χ4v) is 2.82. The molecule has 1 aliphatic rings. The first-order valence-electron chi connectivity index (χ1n) is 6.76. The van der Waals surface area contributed by atoms with E-state index in [2.05, 4.69) is 14.4 Å². The molecule has 1 aromatic carbocycles. The van der Waals surface area contributed by atoms with Gasteiger partial charge in [-0.15, -0.1) is 0 Å². The topological polar surface area (TPSA) is 60.1 Å². The van der Waals surface area contributed by atoms with Crippen molar-refractivity contribution in [1.29, 1.82) is 0 Å². The van der Waals surface area contributed by atoms with Crippen LogP contribution in [0.1, 0.15) is 37.9 Å². The zero-order valence-electron chi connectivity index (χ0n) is 12.6. The number of benzene rings is 1. The highest BCUT2D eigenvalue weighted by Gasteiger charge is 2.26. The molecule has 4 nitrogen and oxygen atoms in total. The molecule has 0 saturated heterocycles. The summed E-state index contributed by atoms with van der Waals surface area (Å²) in [7, 11) is 0. The molecule has 0 amide bonds. The summed E-state index contributed by atoms with van der Waals surface area (Å²) in [5, 5.41) is 0.824. The highest BCUT2D eigenvalue weighted by molar-refractivity contribution is 7.91. The summed E-state index contributed by atoms with van der Waals surface area (Å²) in [6.07, 6.45) is 4.82. The molecule has 0 radical (unpaired) electrons. The molecule has 0 aromatic heterocycles. The molecule has 2 unspecified atom stereocenters. The Bertz CT molecular complexity index is 638. The Labute approximate surface area is 143 Å². The van der Waals surface area contributed by atoms with Crippen molar-refractivity contribution >= 4 is 53.2 Å². The first-order chi connectivity index (χ1) is 10.3. The second kappa shape index (κ2) is 7.13. The molecule has 0 saturated carbocycles. The van der Waals surface area contributed by atoms with Gasteiger partial charge in [0.05, 0.1) is 28.8 Å². The maximum Gasteiger partial charge on any atom is 0.144 e. The molecule has 1 heterocycles. The number of halogens is 2. The van der Waals surface area contributed by atoms with Crippen molar-refractivity contribution in [2.75, 3.05) is 6.54 Å². The van der Waals surface area contributed by atoms with Gasteiger partial charge in [-0.25, -0.2) is 0 Å². The van der Waals surface area contributed by atoms with E-state index in [0.717, 1.165) is 5.56 Å². The van der Waals surface area contributed by atoms with Gasteiger partial charge in [0.15, 0.2) is 0 Å². The van der Waals surface area contributed by atoms with E-state index in [9.17, 15) is 4.55 Å². The van der Waals surface area contributed by atoms with Crippen LogP contribution in [0.5, 0.6) is 0 Å². The van der Waals surface area contributed by atoms with Gasteiger partial charge in [0.1, 0.15) is 16.1 Å². The molecule has 1 aromatic rings. The van der Waals surface area contributed by atoms with E-state index in [1.165, 1.54) is 6.21 Å². The number of hydrogen-bond donors (Lipinski definition) is 0. The summed E-state index contributed by atoms with van der Waals surface area (Å²) in [6.45, 7) is 6.13. The van der Waals surface area contributed by atoms with Crippen LogP contribution in [-0.2, 0) is 11.4 Å². The third kappa shape index (κ3) is 4.10. The lowest BCUT2D eigenvalue weighted by atomic mass is 10.0. The van der Waals surface area contributed by atoms with Crippen molar-refractivity contribution in [3.8, 4) is 0 Å². The monoisotopic (exact) mass is 357 g/mol. The second-order valence-electron chi connectivity index (χ2n) is 5.80. The van der Waals surface area contributed by atoms with Crippen LogP contribution in [-0.4, -0.2) is 34.5 Å². The van der Waals surface area contributed by atoms with E-state index in [0.29, 0.717) is 22.2 Å². The molecule has 1 aliphatic heterocycles. The van der Waals surface area contributed by atoms with Gasteiger partial charge in [-0.3, -0.25) is 9.98 Å². The zero-order chi connectivity index (χ0) is 16.3. The van der Waals surface area contributed by atoms with Crippen LogP contribution in [0.3, 0.4) is 0 Å². The van der Waals surface area contributed by atoms with Crippen molar-refractivity contribution in [1.82, 2.24) is 0 Å². The van der Waals surface area contributed by atoms with Gasteiger partial charge in [0.2, 0.25) is 0 Å². The smallest absolute Gasteiger partial charge is 0.144 e. The maximum absolute atomic E-state index is 12.0. The minimum Gasteiger partial charge on any atom is -0.591 e. The standard InChI is InChI=1S/C15H17Cl2N3OS/c1-15(2,3)22(21)20-8-10-4-5-11(14(17)13(10)16)12-9-18-6-7-19-12/h4-8,12H,9H2,1-3H3/b20-8+. The van der Waals surface area contributed by atoms with Gasteiger partial charge in [-0.2, -0.15) is 0 Å². The lowest BCUT2D eigenvalue weighted by Gasteiger charge is -2.18. The molecule has 22 heavy (non-hydrogen) atoms. The average molecular weight is 358 g/mol. The Kier molecular flexibility index (Phi) is 5.66. The van der Waals surface area contributed by atoms with Crippen molar-refractivity contribution < 1.29 is 4.55 Å². The summed E-state index contributed by atoms with van der Waals surface area (Å²) < 4.78 is 15.6. The number of rotatable bonds is 3. The molecule has 7 heteroatoms. The highest BCUT2D eigenvalue weighted by atomic mass is 35.5. The van der Waals surface area contributed by atoms with E-state index in [4.69, 9.17) is 23.2 Å². The molecule has 0 aliphatic carbocycles. The molecule has 2 rings (SSSR count). The van der Waals surface area contributed by atoms with Crippen LogP contribution in [0.4, 0.5) is 0 Å². The number of hydrogen-bond acceptors (Lipinski definition) is 4. The van der Waals surface area contributed by atoms with E-state index >= 15 is 0 Å². The molecule has 118 valence electrons. The Morgan fingerprint density at radius 3 is 2.59 bits per heavy atom. The van der Waals surface area contributed by atoms with Gasteiger partial charge in [0.25, 0.3) is 0 Å². The Morgan fingerprint density at radius 2 is 2.00 bits per heavy atom. The quantitative estimate of drug-likeness (QED) is 0.593. The number of aliphatic imine (C=N–C) groups is 2. The van der Waals surface area contributed by atoms with E-state index in [1.54, 1.807) is 18.5 Å². The van der Waals surface area contributed by atoms with Crippen molar-refractivity contribution in [2.24, 2.45) is 14.4 Å². The molecule has 0 bridgehead atoms. The Hall–Kier alpha value is -0.880. The first kappa shape index (κ1) is 17.5. The summed E-state index contributed by atoms with van der Waals surface area (Å²) in [5.41, 5.74) is 1.46. The molecular formula is C15H17Cl2N3OS. The lowest BCUT2D eigenvalue weighted by Crippen LogP contribution is -2.25. The average Bonchev–Trinajstić information content (AvgIpc) is 2.48. The van der Waals surface area contributed by atoms with E-state index in [-0.39, 0.29) is 6.04 Å².